The standard InChI is InChI=1S/C76H144O17P2/c1-7-10-12-14-16-18-20-22-24-25-27-29-31-33-42-48-54-60-75(80)92-71(64-86-73(78)58-52-46-40-32-30-28-26-23-21-19-17-15-13-11-8-2)66-90-94(82,83)88-62-70(77)63-89-95(84,85)91-67-72(65-87-74(79)59-53-47-41-36-34-38-44-50-56-68(4)5)93-76(81)61-55-49-43-37-35-39-45-51-57-69(6)9-3/h19,21,23,26,68-72,77H,7-18,20,22,24-25,27-67H2,1-6H3,(H,82,83)(H,84,85)/b21-19-,26-23-/t69?,70-,71-,72-/m1/s1. The number of aliphatic hydroxyl groups is 1. The van der Waals surface area contributed by atoms with Gasteiger partial charge in [-0.05, 0) is 63.2 Å². The van der Waals surface area contributed by atoms with Crippen molar-refractivity contribution in [3.05, 3.63) is 24.3 Å². The minimum Gasteiger partial charge on any atom is -0.462 e. The maximum atomic E-state index is 13.1. The second-order valence-corrected chi connectivity index (χ2v) is 30.3. The molecule has 0 rings (SSSR count). The lowest BCUT2D eigenvalue weighted by Gasteiger charge is -2.21. The molecule has 3 unspecified atom stereocenters. The molecule has 0 aromatic rings. The Morgan fingerprint density at radius 1 is 0.347 bits per heavy atom. The van der Waals surface area contributed by atoms with Crippen LogP contribution in [0.1, 0.15) is 369 Å². The summed E-state index contributed by atoms with van der Waals surface area (Å²) in [6.07, 6.45) is 57.7. The third kappa shape index (κ3) is 68.5. The van der Waals surface area contributed by atoms with Gasteiger partial charge in [-0.15, -0.1) is 0 Å². The van der Waals surface area contributed by atoms with Crippen molar-refractivity contribution in [2.24, 2.45) is 11.8 Å². The Hall–Kier alpha value is -2.46. The highest BCUT2D eigenvalue weighted by Gasteiger charge is 2.30. The smallest absolute Gasteiger partial charge is 0.462 e. The third-order valence-electron chi connectivity index (χ3n) is 17.4. The molecule has 0 saturated heterocycles. The van der Waals surface area contributed by atoms with Crippen LogP contribution in [0.5, 0.6) is 0 Å². The van der Waals surface area contributed by atoms with Gasteiger partial charge in [0.25, 0.3) is 0 Å². The Bertz CT molecular complexity index is 1930. The first-order valence-corrected chi connectivity index (χ1v) is 41.8. The second-order valence-electron chi connectivity index (χ2n) is 27.4. The summed E-state index contributed by atoms with van der Waals surface area (Å²) < 4.78 is 68.5. The fourth-order valence-corrected chi connectivity index (χ4v) is 12.7. The van der Waals surface area contributed by atoms with E-state index in [0.717, 1.165) is 121 Å². The van der Waals surface area contributed by atoms with E-state index in [-0.39, 0.29) is 25.7 Å². The molecule has 0 aliphatic heterocycles. The highest BCUT2D eigenvalue weighted by Crippen LogP contribution is 2.45. The first-order valence-electron chi connectivity index (χ1n) is 38.8. The molecule has 0 aliphatic carbocycles. The van der Waals surface area contributed by atoms with E-state index in [2.05, 4.69) is 65.8 Å². The van der Waals surface area contributed by atoms with Crippen molar-refractivity contribution in [1.82, 2.24) is 0 Å². The van der Waals surface area contributed by atoms with Crippen molar-refractivity contribution in [3.8, 4) is 0 Å². The molecule has 0 bridgehead atoms. The SMILES string of the molecule is CCCCCC/C=C\C=C/CCCCCCCC(=O)OC[C@H](COP(=O)(O)OC[C@@H](O)COP(=O)(O)OC[C@@H](COC(=O)CCCCCCCCCCC(C)C)OC(=O)CCCCCCCCCCC(C)CC)OC(=O)CCCCCCCCCCCCCCCCCCC. The molecular weight excluding hydrogens is 1250 g/mol. The van der Waals surface area contributed by atoms with E-state index in [9.17, 15) is 43.2 Å². The van der Waals surface area contributed by atoms with Gasteiger partial charge in [-0.25, -0.2) is 9.13 Å². The summed E-state index contributed by atoms with van der Waals surface area (Å²) in [5, 5.41) is 10.6. The van der Waals surface area contributed by atoms with Crippen LogP contribution in [-0.2, 0) is 65.4 Å². The number of unbranched alkanes of at least 4 members (excludes halogenated alkanes) is 39. The van der Waals surface area contributed by atoms with Crippen molar-refractivity contribution >= 4 is 39.5 Å². The Balaban J connectivity index is 5.29. The van der Waals surface area contributed by atoms with Crippen LogP contribution >= 0.6 is 15.6 Å². The van der Waals surface area contributed by atoms with E-state index in [1.54, 1.807) is 0 Å². The number of esters is 4. The predicted octanol–water partition coefficient (Wildman–Crippen LogP) is 21.9. The number of rotatable bonds is 73. The van der Waals surface area contributed by atoms with Crippen LogP contribution in [-0.4, -0.2) is 96.7 Å². The first kappa shape index (κ1) is 92.5. The number of hydrogen-bond donors (Lipinski definition) is 3. The number of ether oxygens (including phenoxy) is 4. The van der Waals surface area contributed by atoms with Crippen LogP contribution < -0.4 is 0 Å². The molecule has 19 heteroatoms. The Morgan fingerprint density at radius 2 is 0.621 bits per heavy atom. The molecule has 17 nitrogen and oxygen atoms in total. The Kier molecular flexibility index (Phi) is 65.6. The minimum atomic E-state index is -4.96. The molecule has 3 N–H and O–H groups in total. The quantitative estimate of drug-likeness (QED) is 0.0169. The van der Waals surface area contributed by atoms with Crippen LogP contribution in [0.15, 0.2) is 24.3 Å². The number of phosphoric acid groups is 2. The van der Waals surface area contributed by atoms with Gasteiger partial charge >= 0.3 is 39.5 Å². The van der Waals surface area contributed by atoms with Gasteiger partial charge < -0.3 is 33.8 Å². The van der Waals surface area contributed by atoms with E-state index < -0.39 is 97.5 Å². The molecule has 560 valence electrons. The van der Waals surface area contributed by atoms with Gasteiger partial charge in [0.2, 0.25) is 0 Å². The molecule has 0 aromatic heterocycles. The normalized spacial score (nSPS) is 14.5. The summed E-state index contributed by atoms with van der Waals surface area (Å²) in [4.78, 5) is 72.8. The van der Waals surface area contributed by atoms with E-state index in [1.165, 1.54) is 167 Å². The molecule has 0 saturated carbocycles. The number of allylic oxidation sites excluding steroid dienone is 4. The lowest BCUT2D eigenvalue weighted by molar-refractivity contribution is -0.161. The summed E-state index contributed by atoms with van der Waals surface area (Å²) in [7, 11) is -9.92. The maximum Gasteiger partial charge on any atom is 0.472 e. The first-order chi connectivity index (χ1) is 45.9. The second kappa shape index (κ2) is 67.4. The zero-order valence-corrected chi connectivity index (χ0v) is 63.2. The third-order valence-corrected chi connectivity index (χ3v) is 19.3. The fourth-order valence-electron chi connectivity index (χ4n) is 11.1. The Labute approximate surface area is 580 Å². The predicted molar refractivity (Wildman–Crippen MR) is 386 cm³/mol. The zero-order valence-electron chi connectivity index (χ0n) is 61.5. The highest BCUT2D eigenvalue weighted by molar-refractivity contribution is 7.47. The number of phosphoric ester groups is 2. The minimum absolute atomic E-state index is 0.101. The number of carbonyl (C=O) groups is 4. The average Bonchev–Trinajstić information content (AvgIpc) is 3.64. The lowest BCUT2D eigenvalue weighted by Crippen LogP contribution is -2.30. The molecule has 0 aliphatic rings. The lowest BCUT2D eigenvalue weighted by atomic mass is 9.99. The van der Waals surface area contributed by atoms with E-state index in [0.29, 0.717) is 25.7 Å². The summed E-state index contributed by atoms with van der Waals surface area (Å²) >= 11 is 0. The Morgan fingerprint density at radius 3 is 0.947 bits per heavy atom. The number of aliphatic hydroxyl groups excluding tert-OH is 1. The summed E-state index contributed by atoms with van der Waals surface area (Å²) in [5.74, 6) is -0.655. The maximum absolute atomic E-state index is 13.1. The molecule has 0 amide bonds. The van der Waals surface area contributed by atoms with Gasteiger partial charge in [0, 0.05) is 25.7 Å². The van der Waals surface area contributed by atoms with Crippen molar-refractivity contribution < 1.29 is 80.2 Å². The number of hydrogen-bond acceptors (Lipinski definition) is 15. The van der Waals surface area contributed by atoms with Crippen molar-refractivity contribution in [2.45, 2.75) is 387 Å². The van der Waals surface area contributed by atoms with Gasteiger partial charge in [-0.2, -0.15) is 0 Å². The monoisotopic (exact) mass is 1390 g/mol. The fraction of sp³-hybridized carbons (Fsp3) is 0.895. The van der Waals surface area contributed by atoms with Crippen molar-refractivity contribution in [1.29, 1.82) is 0 Å². The van der Waals surface area contributed by atoms with Crippen LogP contribution in [0.4, 0.5) is 0 Å². The number of carbonyl (C=O) groups excluding carboxylic acids is 4. The van der Waals surface area contributed by atoms with Gasteiger partial charge in [-0.3, -0.25) is 37.3 Å². The molecule has 0 heterocycles. The average molecular weight is 1390 g/mol. The van der Waals surface area contributed by atoms with Crippen LogP contribution in [0, 0.1) is 11.8 Å². The summed E-state index contributed by atoms with van der Waals surface area (Å²) in [5.41, 5.74) is 0. The molecule has 0 fully saturated rings. The highest BCUT2D eigenvalue weighted by atomic mass is 31.2. The summed E-state index contributed by atoms with van der Waals surface area (Å²) in [6.45, 7) is 9.49. The largest absolute Gasteiger partial charge is 0.472 e. The molecular formula is C76H144O17P2. The van der Waals surface area contributed by atoms with Gasteiger partial charge in [0.15, 0.2) is 12.2 Å². The van der Waals surface area contributed by atoms with Crippen molar-refractivity contribution in [3.63, 3.8) is 0 Å². The molecule has 6 atom stereocenters. The zero-order chi connectivity index (χ0) is 70.0. The van der Waals surface area contributed by atoms with Gasteiger partial charge in [0.1, 0.15) is 19.3 Å². The molecule has 0 radical (unpaired) electrons. The molecule has 0 aromatic carbocycles. The van der Waals surface area contributed by atoms with Crippen LogP contribution in [0.2, 0.25) is 0 Å². The van der Waals surface area contributed by atoms with Gasteiger partial charge in [0.05, 0.1) is 26.4 Å². The van der Waals surface area contributed by atoms with Crippen LogP contribution in [0.25, 0.3) is 0 Å². The van der Waals surface area contributed by atoms with Crippen molar-refractivity contribution in [2.75, 3.05) is 39.6 Å². The summed E-state index contributed by atoms with van der Waals surface area (Å²) in [6, 6.07) is 0. The van der Waals surface area contributed by atoms with Gasteiger partial charge in [-0.1, -0.05) is 316 Å². The molecule has 95 heavy (non-hydrogen) atoms. The van der Waals surface area contributed by atoms with E-state index in [4.69, 9.17) is 37.0 Å². The van der Waals surface area contributed by atoms with E-state index >= 15 is 0 Å². The van der Waals surface area contributed by atoms with E-state index in [1.807, 2.05) is 0 Å². The van der Waals surface area contributed by atoms with Crippen LogP contribution in [0.3, 0.4) is 0 Å². The topological polar surface area (TPSA) is 237 Å². The molecule has 0 spiro atoms.